The van der Waals surface area contributed by atoms with Gasteiger partial charge in [0.15, 0.2) is 0 Å². The quantitative estimate of drug-likeness (QED) is 0.879. The molecule has 4 heteroatoms. The maximum absolute atomic E-state index is 11.2. The SMILES string of the molecule is CCc1cccc(C)c1NC(C)CS(C)(=O)=O. The zero-order valence-electron chi connectivity index (χ0n) is 10.9. The molecule has 0 radical (unpaired) electrons. The average molecular weight is 255 g/mol. The predicted octanol–water partition coefficient (Wildman–Crippen LogP) is 2.40. The van der Waals surface area contributed by atoms with Crippen molar-refractivity contribution < 1.29 is 8.42 Å². The van der Waals surface area contributed by atoms with Gasteiger partial charge in [0.1, 0.15) is 9.84 Å². The molecule has 0 fully saturated rings. The summed E-state index contributed by atoms with van der Waals surface area (Å²) >= 11 is 0. The molecule has 17 heavy (non-hydrogen) atoms. The van der Waals surface area contributed by atoms with Gasteiger partial charge >= 0.3 is 0 Å². The van der Waals surface area contributed by atoms with E-state index in [9.17, 15) is 8.42 Å². The molecule has 96 valence electrons. The fourth-order valence-corrected chi connectivity index (χ4v) is 2.96. The second-order valence-corrected chi connectivity index (χ2v) is 6.79. The molecule has 1 N–H and O–H groups in total. The second-order valence-electron chi connectivity index (χ2n) is 4.60. The Kier molecular flexibility index (Phi) is 4.57. The van der Waals surface area contributed by atoms with Gasteiger partial charge in [-0.05, 0) is 31.4 Å². The van der Waals surface area contributed by atoms with Crippen LogP contribution >= 0.6 is 0 Å². The van der Waals surface area contributed by atoms with Gasteiger partial charge < -0.3 is 5.32 Å². The van der Waals surface area contributed by atoms with E-state index in [-0.39, 0.29) is 11.8 Å². The first kappa shape index (κ1) is 14.0. The lowest BCUT2D eigenvalue weighted by Crippen LogP contribution is -2.25. The van der Waals surface area contributed by atoms with Crippen LogP contribution in [0, 0.1) is 6.92 Å². The minimum Gasteiger partial charge on any atom is -0.381 e. The van der Waals surface area contributed by atoms with Crippen LogP contribution in [-0.2, 0) is 16.3 Å². The molecule has 0 aliphatic heterocycles. The molecule has 1 aromatic carbocycles. The van der Waals surface area contributed by atoms with E-state index in [1.165, 1.54) is 11.8 Å². The van der Waals surface area contributed by atoms with E-state index >= 15 is 0 Å². The van der Waals surface area contributed by atoms with Crippen molar-refractivity contribution in [3.63, 3.8) is 0 Å². The highest BCUT2D eigenvalue weighted by atomic mass is 32.2. The van der Waals surface area contributed by atoms with Gasteiger partial charge in [0.05, 0.1) is 5.75 Å². The Balaban J connectivity index is 2.88. The van der Waals surface area contributed by atoms with Gasteiger partial charge in [-0.25, -0.2) is 8.42 Å². The third kappa shape index (κ3) is 4.38. The highest BCUT2D eigenvalue weighted by Crippen LogP contribution is 2.22. The van der Waals surface area contributed by atoms with Gasteiger partial charge in [-0.3, -0.25) is 0 Å². The Labute approximate surface area is 104 Å². The van der Waals surface area contributed by atoms with Crippen molar-refractivity contribution in [2.24, 2.45) is 0 Å². The largest absolute Gasteiger partial charge is 0.381 e. The smallest absolute Gasteiger partial charge is 0.149 e. The number of para-hydroxylation sites is 1. The third-order valence-electron chi connectivity index (χ3n) is 2.68. The molecule has 1 aromatic rings. The van der Waals surface area contributed by atoms with Crippen molar-refractivity contribution in [3.8, 4) is 0 Å². The number of hydrogen-bond acceptors (Lipinski definition) is 3. The minimum atomic E-state index is -2.94. The van der Waals surface area contributed by atoms with Gasteiger partial charge in [0.2, 0.25) is 0 Å². The molecule has 0 saturated carbocycles. The lowest BCUT2D eigenvalue weighted by Gasteiger charge is -2.19. The van der Waals surface area contributed by atoms with Crippen molar-refractivity contribution in [2.45, 2.75) is 33.2 Å². The number of nitrogens with one attached hydrogen (secondary N) is 1. The van der Waals surface area contributed by atoms with Gasteiger partial charge in [0.25, 0.3) is 0 Å². The highest BCUT2D eigenvalue weighted by Gasteiger charge is 2.12. The second kappa shape index (κ2) is 5.54. The molecule has 1 rings (SSSR count). The van der Waals surface area contributed by atoms with Crippen LogP contribution in [-0.4, -0.2) is 26.5 Å². The summed E-state index contributed by atoms with van der Waals surface area (Å²) in [6.45, 7) is 6.03. The van der Waals surface area contributed by atoms with Crippen LogP contribution < -0.4 is 5.32 Å². The van der Waals surface area contributed by atoms with Crippen LogP contribution in [0.2, 0.25) is 0 Å². The topological polar surface area (TPSA) is 46.2 Å². The molecule has 0 bridgehead atoms. The summed E-state index contributed by atoms with van der Waals surface area (Å²) in [6.07, 6.45) is 2.21. The number of rotatable bonds is 5. The molecule has 1 unspecified atom stereocenters. The van der Waals surface area contributed by atoms with Gasteiger partial charge in [-0.2, -0.15) is 0 Å². The summed E-state index contributed by atoms with van der Waals surface area (Å²) in [5, 5.41) is 3.31. The van der Waals surface area contributed by atoms with E-state index in [0.29, 0.717) is 0 Å². The van der Waals surface area contributed by atoms with Crippen LogP contribution in [0.3, 0.4) is 0 Å². The number of hydrogen-bond donors (Lipinski definition) is 1. The van der Waals surface area contributed by atoms with Crippen molar-refractivity contribution in [2.75, 3.05) is 17.3 Å². The molecular formula is C13H21NO2S. The van der Waals surface area contributed by atoms with Gasteiger partial charge in [-0.1, -0.05) is 25.1 Å². The van der Waals surface area contributed by atoms with E-state index in [0.717, 1.165) is 17.7 Å². The molecule has 0 spiro atoms. The average Bonchev–Trinajstić information content (AvgIpc) is 2.18. The molecule has 0 saturated heterocycles. The molecule has 0 amide bonds. The summed E-state index contributed by atoms with van der Waals surface area (Å²) in [5.74, 6) is 0.157. The monoisotopic (exact) mass is 255 g/mol. The van der Waals surface area contributed by atoms with E-state index in [2.05, 4.69) is 18.3 Å². The maximum atomic E-state index is 11.2. The van der Waals surface area contributed by atoms with Crippen molar-refractivity contribution >= 4 is 15.5 Å². The molecule has 0 aliphatic carbocycles. The van der Waals surface area contributed by atoms with Crippen molar-refractivity contribution in [3.05, 3.63) is 29.3 Å². The molecule has 0 aromatic heterocycles. The van der Waals surface area contributed by atoms with Crippen LogP contribution in [0.5, 0.6) is 0 Å². The number of anilines is 1. The summed E-state index contributed by atoms with van der Waals surface area (Å²) in [7, 11) is -2.94. The first-order valence-electron chi connectivity index (χ1n) is 5.86. The number of benzene rings is 1. The van der Waals surface area contributed by atoms with E-state index in [4.69, 9.17) is 0 Å². The van der Waals surface area contributed by atoms with Crippen molar-refractivity contribution in [1.29, 1.82) is 0 Å². The first-order valence-corrected chi connectivity index (χ1v) is 7.92. The van der Waals surface area contributed by atoms with Crippen LogP contribution in [0.25, 0.3) is 0 Å². The van der Waals surface area contributed by atoms with Gasteiger partial charge in [-0.15, -0.1) is 0 Å². The molecule has 0 heterocycles. The van der Waals surface area contributed by atoms with Crippen LogP contribution in [0.15, 0.2) is 18.2 Å². The normalized spacial score (nSPS) is 13.4. The van der Waals surface area contributed by atoms with Crippen LogP contribution in [0.1, 0.15) is 25.0 Å². The zero-order chi connectivity index (χ0) is 13.1. The molecule has 0 aliphatic rings. The fourth-order valence-electron chi connectivity index (χ4n) is 1.97. The number of aryl methyl sites for hydroxylation is 2. The number of sulfone groups is 1. The van der Waals surface area contributed by atoms with E-state index < -0.39 is 9.84 Å². The van der Waals surface area contributed by atoms with E-state index in [1.807, 2.05) is 26.0 Å². The van der Waals surface area contributed by atoms with Crippen LogP contribution in [0.4, 0.5) is 5.69 Å². The Hall–Kier alpha value is -1.03. The maximum Gasteiger partial charge on any atom is 0.149 e. The Morgan fingerprint density at radius 3 is 2.53 bits per heavy atom. The Morgan fingerprint density at radius 2 is 2.00 bits per heavy atom. The Bertz CT molecular complexity index is 480. The standard InChI is InChI=1S/C13H21NO2S/c1-5-12-8-6-7-10(2)13(12)14-11(3)9-17(4,15)16/h6-8,11,14H,5,9H2,1-4H3. The molecule has 1 atom stereocenters. The fraction of sp³-hybridized carbons (Fsp3) is 0.538. The summed E-state index contributed by atoms with van der Waals surface area (Å²) in [5.41, 5.74) is 3.46. The summed E-state index contributed by atoms with van der Waals surface area (Å²) in [4.78, 5) is 0. The molecular weight excluding hydrogens is 234 g/mol. The van der Waals surface area contributed by atoms with Gasteiger partial charge in [0, 0.05) is 18.0 Å². The molecule has 3 nitrogen and oxygen atoms in total. The lowest BCUT2D eigenvalue weighted by atomic mass is 10.1. The summed E-state index contributed by atoms with van der Waals surface area (Å²) < 4.78 is 22.5. The minimum absolute atomic E-state index is 0.0728. The van der Waals surface area contributed by atoms with E-state index in [1.54, 1.807) is 0 Å². The summed E-state index contributed by atoms with van der Waals surface area (Å²) in [6, 6.07) is 6.06. The zero-order valence-corrected chi connectivity index (χ0v) is 11.8. The highest BCUT2D eigenvalue weighted by molar-refractivity contribution is 7.90. The third-order valence-corrected chi connectivity index (χ3v) is 3.79. The van der Waals surface area contributed by atoms with Crippen molar-refractivity contribution in [1.82, 2.24) is 0 Å². The first-order chi connectivity index (χ1) is 7.83. The Morgan fingerprint density at radius 1 is 1.35 bits per heavy atom. The predicted molar refractivity (Wildman–Crippen MR) is 73.4 cm³/mol. The lowest BCUT2D eigenvalue weighted by molar-refractivity contribution is 0.598.